The van der Waals surface area contributed by atoms with Gasteiger partial charge in [0, 0.05) is 10.7 Å². The molecule has 1 aromatic carbocycles. The fourth-order valence-electron chi connectivity index (χ4n) is 1.67. The lowest BCUT2D eigenvalue weighted by Gasteiger charge is -1.95. The first kappa shape index (κ1) is 14.1. The SMILES string of the molecule is O=c1[nH]c(=S)[nH]c(O)c1/C=N/c1nc2ccc(Br)cc2s1. The average molecular weight is 383 g/mol. The van der Waals surface area contributed by atoms with Crippen molar-refractivity contribution >= 4 is 61.0 Å². The molecule has 3 N–H and O–H groups in total. The molecule has 0 radical (unpaired) electrons. The standard InChI is InChI=1S/C12H7BrN4O2S2/c13-5-1-2-7-8(3-5)21-12(15-7)14-4-6-9(18)16-11(20)17-10(6)19/h1-4H,(H3,16,17,18,19,20)/b14-4+. The molecule has 0 atom stereocenters. The molecular weight excluding hydrogens is 376 g/mol. The summed E-state index contributed by atoms with van der Waals surface area (Å²) >= 11 is 9.52. The Morgan fingerprint density at radius 3 is 3.00 bits per heavy atom. The number of benzene rings is 1. The average Bonchev–Trinajstić information content (AvgIpc) is 2.79. The van der Waals surface area contributed by atoms with Gasteiger partial charge in [-0.05, 0) is 30.4 Å². The summed E-state index contributed by atoms with van der Waals surface area (Å²) in [6.07, 6.45) is 1.26. The molecule has 0 spiro atoms. The van der Waals surface area contributed by atoms with Gasteiger partial charge in [-0.1, -0.05) is 27.3 Å². The van der Waals surface area contributed by atoms with Crippen molar-refractivity contribution in [1.29, 1.82) is 0 Å². The minimum absolute atomic E-state index is 0.00374. The third-order valence-electron chi connectivity index (χ3n) is 2.60. The molecule has 106 valence electrons. The second kappa shape index (κ2) is 5.51. The van der Waals surface area contributed by atoms with Crippen LogP contribution in [-0.4, -0.2) is 26.3 Å². The van der Waals surface area contributed by atoms with Crippen LogP contribution >= 0.6 is 39.5 Å². The summed E-state index contributed by atoms with van der Waals surface area (Å²) in [4.78, 5) is 25.0. The van der Waals surface area contributed by atoms with E-state index in [2.05, 4.69) is 35.9 Å². The van der Waals surface area contributed by atoms with E-state index in [-0.39, 0.29) is 16.2 Å². The van der Waals surface area contributed by atoms with Crippen molar-refractivity contribution in [2.24, 2.45) is 4.99 Å². The number of hydrogen-bond acceptors (Lipinski definition) is 6. The highest BCUT2D eigenvalue weighted by Gasteiger charge is 2.06. The number of aromatic nitrogens is 3. The zero-order valence-corrected chi connectivity index (χ0v) is 13.5. The lowest BCUT2D eigenvalue weighted by Crippen LogP contribution is -2.13. The van der Waals surface area contributed by atoms with Crippen molar-refractivity contribution in [3.8, 4) is 5.88 Å². The number of aromatic hydroxyl groups is 1. The Balaban J connectivity index is 2.02. The van der Waals surface area contributed by atoms with Crippen LogP contribution in [0.4, 0.5) is 5.13 Å². The van der Waals surface area contributed by atoms with Gasteiger partial charge in [-0.15, -0.1) is 0 Å². The monoisotopic (exact) mass is 382 g/mol. The van der Waals surface area contributed by atoms with Crippen LogP contribution in [0.3, 0.4) is 0 Å². The van der Waals surface area contributed by atoms with Gasteiger partial charge in [0.15, 0.2) is 4.77 Å². The number of H-pyrrole nitrogens is 2. The highest BCUT2D eigenvalue weighted by molar-refractivity contribution is 9.10. The highest BCUT2D eigenvalue weighted by Crippen LogP contribution is 2.30. The molecule has 0 saturated heterocycles. The summed E-state index contributed by atoms with van der Waals surface area (Å²) in [5, 5.41) is 10.2. The first-order valence-electron chi connectivity index (χ1n) is 5.68. The van der Waals surface area contributed by atoms with Crippen molar-refractivity contribution in [2.45, 2.75) is 0 Å². The predicted octanol–water partition coefficient (Wildman–Crippen LogP) is 3.26. The fourth-order valence-corrected chi connectivity index (χ4v) is 3.22. The van der Waals surface area contributed by atoms with Gasteiger partial charge in [-0.3, -0.25) is 9.78 Å². The molecule has 2 heterocycles. The molecule has 0 aliphatic rings. The third-order valence-corrected chi connectivity index (χ3v) is 4.23. The summed E-state index contributed by atoms with van der Waals surface area (Å²) < 4.78 is 1.99. The van der Waals surface area contributed by atoms with E-state index < -0.39 is 5.56 Å². The molecule has 0 bridgehead atoms. The van der Waals surface area contributed by atoms with Crippen LogP contribution in [0.15, 0.2) is 32.5 Å². The van der Waals surface area contributed by atoms with E-state index >= 15 is 0 Å². The maximum Gasteiger partial charge on any atom is 0.264 e. The summed E-state index contributed by atoms with van der Waals surface area (Å²) in [7, 11) is 0. The first-order chi connectivity index (χ1) is 10.0. The molecule has 0 aliphatic heterocycles. The van der Waals surface area contributed by atoms with Crippen molar-refractivity contribution in [1.82, 2.24) is 15.0 Å². The summed E-state index contributed by atoms with van der Waals surface area (Å²) in [6.45, 7) is 0. The van der Waals surface area contributed by atoms with Crippen LogP contribution < -0.4 is 5.56 Å². The van der Waals surface area contributed by atoms with Gasteiger partial charge < -0.3 is 10.1 Å². The molecular formula is C12H7BrN4O2S2. The smallest absolute Gasteiger partial charge is 0.264 e. The van der Waals surface area contributed by atoms with E-state index in [9.17, 15) is 9.90 Å². The fraction of sp³-hybridized carbons (Fsp3) is 0. The van der Waals surface area contributed by atoms with E-state index in [1.165, 1.54) is 17.6 Å². The Kier molecular flexibility index (Phi) is 3.70. The number of aliphatic imine (C=N–C) groups is 1. The molecule has 0 unspecified atom stereocenters. The number of nitrogens with one attached hydrogen (secondary N) is 2. The van der Waals surface area contributed by atoms with Gasteiger partial charge in [-0.2, -0.15) is 0 Å². The van der Waals surface area contributed by atoms with Crippen LogP contribution in [0, 0.1) is 4.77 Å². The molecule has 6 nitrogen and oxygen atoms in total. The minimum atomic E-state index is -0.510. The van der Waals surface area contributed by atoms with Crippen LogP contribution in [0.2, 0.25) is 0 Å². The summed E-state index contributed by atoms with van der Waals surface area (Å²) in [5.41, 5.74) is 0.314. The summed E-state index contributed by atoms with van der Waals surface area (Å²) in [5.74, 6) is -0.323. The molecule has 0 fully saturated rings. The van der Waals surface area contributed by atoms with Gasteiger partial charge in [-0.25, -0.2) is 9.98 Å². The molecule has 3 aromatic rings. The number of aromatic amines is 2. The number of nitrogens with zero attached hydrogens (tertiary/aromatic N) is 2. The van der Waals surface area contributed by atoms with Gasteiger partial charge in [0.2, 0.25) is 11.0 Å². The number of rotatable bonds is 2. The van der Waals surface area contributed by atoms with Crippen molar-refractivity contribution in [3.63, 3.8) is 0 Å². The number of thiazole rings is 1. The van der Waals surface area contributed by atoms with E-state index in [0.29, 0.717) is 5.13 Å². The number of fused-ring (bicyclic) bond motifs is 1. The second-order valence-corrected chi connectivity index (χ2v) is 6.37. The van der Waals surface area contributed by atoms with E-state index in [1.807, 2.05) is 18.2 Å². The number of halogens is 1. The van der Waals surface area contributed by atoms with E-state index in [0.717, 1.165) is 14.7 Å². The zero-order chi connectivity index (χ0) is 15.0. The van der Waals surface area contributed by atoms with Crippen LogP contribution in [-0.2, 0) is 0 Å². The quantitative estimate of drug-likeness (QED) is 0.468. The maximum atomic E-state index is 11.7. The molecule has 3 rings (SSSR count). The zero-order valence-electron chi connectivity index (χ0n) is 10.3. The molecule has 0 amide bonds. The van der Waals surface area contributed by atoms with Crippen molar-refractivity contribution in [3.05, 3.63) is 43.4 Å². The molecule has 0 saturated carbocycles. The molecule has 2 aromatic heterocycles. The molecule has 21 heavy (non-hydrogen) atoms. The van der Waals surface area contributed by atoms with Crippen molar-refractivity contribution in [2.75, 3.05) is 0 Å². The van der Waals surface area contributed by atoms with Crippen LogP contribution in [0.5, 0.6) is 5.88 Å². The van der Waals surface area contributed by atoms with Gasteiger partial charge in [0.1, 0.15) is 5.56 Å². The Labute approximate surface area is 135 Å². The van der Waals surface area contributed by atoms with Crippen LogP contribution in [0.25, 0.3) is 10.2 Å². The minimum Gasteiger partial charge on any atom is -0.494 e. The van der Waals surface area contributed by atoms with Crippen LogP contribution in [0.1, 0.15) is 5.56 Å². The Hall–Kier alpha value is -1.84. The normalized spacial score (nSPS) is 11.5. The van der Waals surface area contributed by atoms with Gasteiger partial charge in [0.25, 0.3) is 5.56 Å². The topological polar surface area (TPSA) is 94.1 Å². The Bertz CT molecular complexity index is 973. The van der Waals surface area contributed by atoms with Crippen molar-refractivity contribution < 1.29 is 5.11 Å². The highest BCUT2D eigenvalue weighted by atomic mass is 79.9. The number of hydrogen-bond donors (Lipinski definition) is 3. The molecule has 9 heteroatoms. The first-order valence-corrected chi connectivity index (χ1v) is 7.70. The van der Waals surface area contributed by atoms with Gasteiger partial charge >= 0.3 is 0 Å². The van der Waals surface area contributed by atoms with E-state index in [4.69, 9.17) is 12.2 Å². The Morgan fingerprint density at radius 1 is 1.43 bits per heavy atom. The van der Waals surface area contributed by atoms with E-state index in [1.54, 1.807) is 0 Å². The predicted molar refractivity (Wildman–Crippen MR) is 88.5 cm³/mol. The largest absolute Gasteiger partial charge is 0.494 e. The lowest BCUT2D eigenvalue weighted by molar-refractivity contribution is 0.449. The Morgan fingerprint density at radius 2 is 2.24 bits per heavy atom. The second-order valence-electron chi connectivity index (χ2n) is 4.04. The summed E-state index contributed by atoms with van der Waals surface area (Å²) in [6, 6.07) is 5.71. The third kappa shape index (κ3) is 2.94. The van der Waals surface area contributed by atoms with Gasteiger partial charge in [0.05, 0.1) is 10.2 Å². The lowest BCUT2D eigenvalue weighted by atomic mass is 10.3. The molecule has 0 aliphatic carbocycles. The maximum absolute atomic E-state index is 11.7.